The predicted molar refractivity (Wildman–Crippen MR) is 102 cm³/mol. The minimum Gasteiger partial charge on any atom is -0.384 e. The second kappa shape index (κ2) is 8.98. The highest BCUT2D eigenvalue weighted by molar-refractivity contribution is 5.99. The highest BCUT2D eigenvalue weighted by atomic mass is 16.6. The van der Waals surface area contributed by atoms with Gasteiger partial charge < -0.3 is 15.1 Å². The van der Waals surface area contributed by atoms with Crippen molar-refractivity contribution in [2.75, 3.05) is 44.6 Å². The molecule has 2 fully saturated rings. The minimum absolute atomic E-state index is 0.111. The second-order valence-corrected chi connectivity index (χ2v) is 7.17. The Morgan fingerprint density at radius 2 is 1.69 bits per heavy atom. The van der Waals surface area contributed by atoms with Gasteiger partial charge in [0.15, 0.2) is 0 Å². The summed E-state index contributed by atoms with van der Waals surface area (Å²) in [5.74, 6) is -0.231. The molecule has 0 aliphatic carbocycles. The van der Waals surface area contributed by atoms with Crippen LogP contribution in [0.4, 0.5) is 11.4 Å². The Bertz CT molecular complexity index is 636. The zero-order valence-corrected chi connectivity index (χ0v) is 15.3. The molecule has 0 saturated carbocycles. The number of nitro benzene ring substituents is 1. The fourth-order valence-electron chi connectivity index (χ4n) is 3.79. The van der Waals surface area contributed by atoms with Crippen LogP contribution in [0, 0.1) is 10.1 Å². The van der Waals surface area contributed by atoms with Crippen molar-refractivity contribution in [1.82, 2.24) is 9.80 Å². The molecule has 1 amide bonds. The van der Waals surface area contributed by atoms with Crippen LogP contribution in [0.5, 0.6) is 0 Å². The summed E-state index contributed by atoms with van der Waals surface area (Å²) in [5, 5.41) is 14.6. The number of carbonyl (C=O) groups is 1. The number of nitrogens with one attached hydrogen (secondary N) is 1. The number of carbonyl (C=O) groups excluding carboxylic acids is 1. The van der Waals surface area contributed by atoms with Crippen LogP contribution in [-0.4, -0.2) is 59.9 Å². The van der Waals surface area contributed by atoms with Crippen molar-refractivity contribution in [2.45, 2.75) is 38.5 Å². The van der Waals surface area contributed by atoms with Crippen molar-refractivity contribution >= 4 is 17.3 Å². The third-order valence-corrected chi connectivity index (χ3v) is 5.27. The van der Waals surface area contributed by atoms with E-state index in [4.69, 9.17) is 0 Å². The van der Waals surface area contributed by atoms with Crippen LogP contribution in [0.15, 0.2) is 18.2 Å². The quantitative estimate of drug-likeness (QED) is 0.623. The third-order valence-electron chi connectivity index (χ3n) is 5.27. The Balaban J connectivity index is 1.64. The topological polar surface area (TPSA) is 78.7 Å². The lowest BCUT2D eigenvalue weighted by Gasteiger charge is -2.20. The van der Waals surface area contributed by atoms with Crippen molar-refractivity contribution in [3.05, 3.63) is 33.9 Å². The molecule has 1 aromatic carbocycles. The van der Waals surface area contributed by atoms with Crippen LogP contribution in [0.1, 0.15) is 48.9 Å². The lowest BCUT2D eigenvalue weighted by Crippen LogP contribution is -2.30. The molecule has 0 spiro atoms. The molecule has 2 heterocycles. The van der Waals surface area contributed by atoms with E-state index in [-0.39, 0.29) is 17.2 Å². The molecule has 0 radical (unpaired) electrons. The van der Waals surface area contributed by atoms with Gasteiger partial charge in [0.2, 0.25) is 0 Å². The van der Waals surface area contributed by atoms with Gasteiger partial charge in [0.25, 0.3) is 11.6 Å². The third kappa shape index (κ3) is 4.72. The number of nitrogens with zero attached hydrogens (tertiary/aromatic N) is 3. The van der Waals surface area contributed by atoms with Crippen molar-refractivity contribution in [3.8, 4) is 0 Å². The summed E-state index contributed by atoms with van der Waals surface area (Å²) in [6.45, 7) is 5.37. The average molecular weight is 360 g/mol. The minimum atomic E-state index is -0.468. The zero-order valence-electron chi connectivity index (χ0n) is 15.3. The number of nitro groups is 1. The van der Waals surface area contributed by atoms with Gasteiger partial charge in [-0.15, -0.1) is 0 Å². The van der Waals surface area contributed by atoms with Gasteiger partial charge in [0, 0.05) is 37.9 Å². The first-order valence-electron chi connectivity index (χ1n) is 9.69. The van der Waals surface area contributed by atoms with Crippen LogP contribution in [0.25, 0.3) is 0 Å². The van der Waals surface area contributed by atoms with E-state index in [1.807, 2.05) is 0 Å². The van der Waals surface area contributed by atoms with Gasteiger partial charge in [-0.05, 0) is 50.9 Å². The first-order chi connectivity index (χ1) is 12.6. The SMILES string of the molecule is O=C(c1cc(NCCN2CCCCCC2)ccc1[N+](=O)[O-])N1CCCC1. The summed E-state index contributed by atoms with van der Waals surface area (Å²) in [4.78, 5) is 27.7. The summed E-state index contributed by atoms with van der Waals surface area (Å²) >= 11 is 0. The smallest absolute Gasteiger partial charge is 0.282 e. The number of likely N-dealkylation sites (tertiary alicyclic amines) is 2. The van der Waals surface area contributed by atoms with Crippen molar-refractivity contribution in [3.63, 3.8) is 0 Å². The molecule has 2 aliphatic heterocycles. The number of benzene rings is 1. The molecule has 0 unspecified atom stereocenters. The molecule has 142 valence electrons. The molecule has 2 aliphatic rings. The molecule has 0 aromatic heterocycles. The fourth-order valence-corrected chi connectivity index (χ4v) is 3.79. The highest BCUT2D eigenvalue weighted by Crippen LogP contribution is 2.25. The van der Waals surface area contributed by atoms with Crippen molar-refractivity contribution in [2.24, 2.45) is 0 Å². The van der Waals surface area contributed by atoms with Crippen LogP contribution in [0.2, 0.25) is 0 Å². The van der Waals surface area contributed by atoms with Crippen molar-refractivity contribution < 1.29 is 9.72 Å². The average Bonchev–Trinajstić information content (AvgIpc) is 3.06. The Kier molecular flexibility index (Phi) is 6.44. The van der Waals surface area contributed by atoms with E-state index in [0.717, 1.165) is 44.7 Å². The molecule has 26 heavy (non-hydrogen) atoms. The Labute approximate surface area is 154 Å². The largest absolute Gasteiger partial charge is 0.384 e. The van der Waals surface area contributed by atoms with Gasteiger partial charge >= 0.3 is 0 Å². The van der Waals surface area contributed by atoms with Gasteiger partial charge in [0.1, 0.15) is 5.56 Å². The molecule has 0 atom stereocenters. The first kappa shape index (κ1) is 18.6. The van der Waals surface area contributed by atoms with E-state index in [1.54, 1.807) is 17.0 Å². The molecule has 7 nitrogen and oxygen atoms in total. The molecule has 2 saturated heterocycles. The lowest BCUT2D eigenvalue weighted by molar-refractivity contribution is -0.385. The summed E-state index contributed by atoms with van der Waals surface area (Å²) < 4.78 is 0. The second-order valence-electron chi connectivity index (χ2n) is 7.17. The van der Waals surface area contributed by atoms with Crippen LogP contribution in [-0.2, 0) is 0 Å². The Morgan fingerprint density at radius 3 is 2.35 bits per heavy atom. The highest BCUT2D eigenvalue weighted by Gasteiger charge is 2.26. The summed E-state index contributed by atoms with van der Waals surface area (Å²) in [6, 6.07) is 4.78. The van der Waals surface area contributed by atoms with Gasteiger partial charge in [0.05, 0.1) is 4.92 Å². The van der Waals surface area contributed by atoms with E-state index in [2.05, 4.69) is 10.2 Å². The summed E-state index contributed by atoms with van der Waals surface area (Å²) in [7, 11) is 0. The van der Waals surface area contributed by atoms with E-state index in [0.29, 0.717) is 13.1 Å². The van der Waals surface area contributed by atoms with E-state index < -0.39 is 4.92 Å². The van der Waals surface area contributed by atoms with Crippen LogP contribution >= 0.6 is 0 Å². The Hall–Kier alpha value is -2.15. The number of amides is 1. The van der Waals surface area contributed by atoms with Gasteiger partial charge in [-0.1, -0.05) is 12.8 Å². The maximum atomic E-state index is 12.7. The predicted octanol–water partition coefficient (Wildman–Crippen LogP) is 3.12. The Morgan fingerprint density at radius 1 is 1.04 bits per heavy atom. The fraction of sp³-hybridized carbons (Fsp3) is 0.632. The van der Waals surface area contributed by atoms with E-state index in [1.165, 1.54) is 31.7 Å². The number of rotatable bonds is 6. The lowest BCUT2D eigenvalue weighted by atomic mass is 10.1. The number of hydrogen-bond donors (Lipinski definition) is 1. The maximum Gasteiger partial charge on any atom is 0.282 e. The summed E-state index contributed by atoms with van der Waals surface area (Å²) in [6.07, 6.45) is 7.07. The van der Waals surface area contributed by atoms with Crippen molar-refractivity contribution in [1.29, 1.82) is 0 Å². The van der Waals surface area contributed by atoms with Crippen LogP contribution < -0.4 is 5.32 Å². The normalized spacial score (nSPS) is 18.5. The molecule has 1 N–H and O–H groups in total. The molecular weight excluding hydrogens is 332 g/mol. The monoisotopic (exact) mass is 360 g/mol. The number of hydrogen-bond acceptors (Lipinski definition) is 5. The van der Waals surface area contributed by atoms with Gasteiger partial charge in [-0.3, -0.25) is 14.9 Å². The van der Waals surface area contributed by atoms with Crippen LogP contribution in [0.3, 0.4) is 0 Å². The number of anilines is 1. The standard InChI is InChI=1S/C19H28N4O3/c24-19(22-12-5-6-13-22)17-15-16(7-8-18(17)23(25)26)20-9-14-21-10-3-1-2-4-11-21/h7-8,15,20H,1-6,9-14H2. The maximum absolute atomic E-state index is 12.7. The molecule has 0 bridgehead atoms. The first-order valence-corrected chi connectivity index (χ1v) is 9.69. The molecule has 7 heteroatoms. The van der Waals surface area contributed by atoms with Gasteiger partial charge in [-0.25, -0.2) is 0 Å². The molecule has 3 rings (SSSR count). The van der Waals surface area contributed by atoms with E-state index in [9.17, 15) is 14.9 Å². The molecular formula is C19H28N4O3. The zero-order chi connectivity index (χ0) is 18.4. The summed E-state index contributed by atoms with van der Waals surface area (Å²) in [5.41, 5.74) is 0.851. The van der Waals surface area contributed by atoms with E-state index >= 15 is 0 Å². The molecule has 1 aromatic rings. The van der Waals surface area contributed by atoms with Gasteiger partial charge in [-0.2, -0.15) is 0 Å².